The third kappa shape index (κ3) is 4.04. The van der Waals surface area contributed by atoms with Crippen LogP contribution in [0.4, 0.5) is 23.4 Å². The first-order valence-electron chi connectivity index (χ1n) is 12.2. The summed E-state index contributed by atoms with van der Waals surface area (Å²) in [5, 5.41) is 0.225. The van der Waals surface area contributed by atoms with E-state index in [0.29, 0.717) is 30.0 Å². The summed E-state index contributed by atoms with van der Waals surface area (Å²) < 4.78 is 60.3. The van der Waals surface area contributed by atoms with Gasteiger partial charge in [0.15, 0.2) is 0 Å². The van der Waals surface area contributed by atoms with Gasteiger partial charge in [0, 0.05) is 56.0 Å². The summed E-state index contributed by atoms with van der Waals surface area (Å²) in [4.78, 5) is 28.5. The Labute approximate surface area is 209 Å². The molecule has 0 unspecified atom stereocenters. The molecule has 10 heteroatoms. The number of benzene rings is 1. The van der Waals surface area contributed by atoms with Crippen molar-refractivity contribution in [3.8, 4) is 11.3 Å². The average molecular weight is 510 g/mol. The van der Waals surface area contributed by atoms with Crippen molar-refractivity contribution >= 4 is 16.7 Å². The van der Waals surface area contributed by atoms with Gasteiger partial charge in [0.25, 0.3) is 11.5 Å². The molecule has 0 amide bonds. The predicted octanol–water partition coefficient (Wildman–Crippen LogP) is 5.02. The van der Waals surface area contributed by atoms with Crippen LogP contribution in [0.5, 0.6) is 0 Å². The Kier molecular flexibility index (Phi) is 5.50. The number of piperidine rings is 1. The largest absolute Gasteiger partial charge is 0.356 e. The predicted molar refractivity (Wildman–Crippen MR) is 131 cm³/mol. The van der Waals surface area contributed by atoms with Crippen LogP contribution >= 0.6 is 0 Å². The summed E-state index contributed by atoms with van der Waals surface area (Å²) in [5.74, 6) is -4.80. The monoisotopic (exact) mass is 509 g/mol. The van der Waals surface area contributed by atoms with E-state index >= 15 is 8.78 Å². The van der Waals surface area contributed by atoms with Crippen molar-refractivity contribution in [2.75, 3.05) is 18.0 Å². The van der Waals surface area contributed by atoms with E-state index in [2.05, 4.69) is 15.0 Å². The molecule has 0 saturated carbocycles. The van der Waals surface area contributed by atoms with Crippen LogP contribution in [0, 0.1) is 18.6 Å². The van der Waals surface area contributed by atoms with Crippen molar-refractivity contribution in [1.82, 2.24) is 19.5 Å². The molecular weight excluding hydrogens is 486 g/mol. The molecule has 5 heterocycles. The SMILES string of the molecule is Cc1cc([C@@H]2CN(c3cc4c(=O)n5c(nc4c(-c4ccc(F)cc4F)n3)CCC5)CCC2(F)F)ccn1. The second-order valence-electron chi connectivity index (χ2n) is 9.68. The Balaban J connectivity index is 1.52. The summed E-state index contributed by atoms with van der Waals surface area (Å²) >= 11 is 0. The van der Waals surface area contributed by atoms with E-state index in [1.807, 2.05) is 0 Å². The van der Waals surface area contributed by atoms with Crippen molar-refractivity contribution < 1.29 is 17.6 Å². The molecule has 0 spiro atoms. The number of hydrogen-bond acceptors (Lipinski definition) is 5. The van der Waals surface area contributed by atoms with E-state index in [1.165, 1.54) is 12.3 Å². The lowest BCUT2D eigenvalue weighted by molar-refractivity contribution is -0.0424. The van der Waals surface area contributed by atoms with E-state index in [-0.39, 0.29) is 46.6 Å². The first-order chi connectivity index (χ1) is 17.7. The maximum atomic E-state index is 15.1. The van der Waals surface area contributed by atoms with E-state index in [4.69, 9.17) is 0 Å². The zero-order valence-corrected chi connectivity index (χ0v) is 20.0. The molecule has 1 aromatic carbocycles. The molecule has 4 aromatic rings. The molecule has 0 aliphatic carbocycles. The minimum absolute atomic E-state index is 0.00286. The lowest BCUT2D eigenvalue weighted by Crippen LogP contribution is -2.46. The number of aryl methyl sites for hydroxylation is 2. The van der Waals surface area contributed by atoms with Gasteiger partial charge in [0.05, 0.1) is 11.3 Å². The zero-order chi connectivity index (χ0) is 25.9. The van der Waals surface area contributed by atoms with Crippen LogP contribution in [0.1, 0.15) is 35.8 Å². The Morgan fingerprint density at radius 1 is 1.05 bits per heavy atom. The van der Waals surface area contributed by atoms with E-state index in [9.17, 15) is 13.6 Å². The number of rotatable bonds is 3. The molecule has 2 aliphatic heterocycles. The fraction of sp³-hybridized carbons (Fsp3) is 0.333. The lowest BCUT2D eigenvalue weighted by atomic mass is 9.87. The van der Waals surface area contributed by atoms with Crippen LogP contribution in [0.3, 0.4) is 0 Å². The number of nitrogens with zero attached hydrogens (tertiary/aromatic N) is 5. The number of anilines is 1. The molecule has 1 fully saturated rings. The second-order valence-corrected chi connectivity index (χ2v) is 9.68. The van der Waals surface area contributed by atoms with Gasteiger partial charge in [-0.25, -0.2) is 27.5 Å². The number of hydrogen-bond donors (Lipinski definition) is 0. The van der Waals surface area contributed by atoms with Crippen molar-refractivity contribution in [3.63, 3.8) is 0 Å². The lowest BCUT2D eigenvalue weighted by Gasteiger charge is -2.39. The number of aromatic nitrogens is 4. The fourth-order valence-electron chi connectivity index (χ4n) is 5.35. The molecule has 1 saturated heterocycles. The molecule has 0 radical (unpaired) electrons. The van der Waals surface area contributed by atoms with E-state index < -0.39 is 29.9 Å². The van der Waals surface area contributed by atoms with E-state index in [1.54, 1.807) is 34.6 Å². The fourth-order valence-corrected chi connectivity index (χ4v) is 5.35. The van der Waals surface area contributed by atoms with E-state index in [0.717, 1.165) is 18.6 Å². The summed E-state index contributed by atoms with van der Waals surface area (Å²) in [6, 6.07) is 7.91. The third-order valence-corrected chi connectivity index (χ3v) is 7.25. The maximum Gasteiger partial charge on any atom is 0.261 e. The topological polar surface area (TPSA) is 63.9 Å². The summed E-state index contributed by atoms with van der Waals surface area (Å²) in [6.45, 7) is 2.21. The van der Waals surface area contributed by atoms with Gasteiger partial charge < -0.3 is 4.90 Å². The van der Waals surface area contributed by atoms with Crippen LogP contribution < -0.4 is 10.5 Å². The summed E-state index contributed by atoms with van der Waals surface area (Å²) in [7, 11) is 0. The molecule has 6 nitrogen and oxygen atoms in total. The highest BCUT2D eigenvalue weighted by Crippen LogP contribution is 2.42. The highest BCUT2D eigenvalue weighted by molar-refractivity contribution is 5.93. The Bertz CT molecular complexity index is 1600. The van der Waals surface area contributed by atoms with Crippen LogP contribution in [0.2, 0.25) is 0 Å². The van der Waals surface area contributed by atoms with Gasteiger partial charge in [-0.15, -0.1) is 0 Å². The standard InChI is InChI=1S/C27H23F4N5O/c1-15-11-16(6-8-32-15)20-14-35(10-7-27(20,30)31)23-13-19-25(33-22-3-2-9-36(22)26(19)37)24(34-23)18-5-4-17(28)12-21(18)29/h4-6,8,11-13,20H,2-3,7,9-10,14H2,1H3/t20-/m0/s1. The molecule has 6 rings (SSSR count). The first kappa shape index (κ1) is 23.6. The third-order valence-electron chi connectivity index (χ3n) is 7.25. The molecule has 2 aliphatic rings. The van der Waals surface area contributed by atoms with Crippen LogP contribution in [0.15, 0.2) is 47.4 Å². The molecule has 0 N–H and O–H groups in total. The summed E-state index contributed by atoms with van der Waals surface area (Å²) in [5.41, 5.74) is 1.12. The number of pyridine rings is 2. The van der Waals surface area contributed by atoms with Crippen LogP contribution in [-0.2, 0) is 13.0 Å². The van der Waals surface area contributed by atoms with Gasteiger partial charge in [-0.3, -0.25) is 14.3 Å². The maximum absolute atomic E-state index is 15.1. The second kappa shape index (κ2) is 8.64. The van der Waals surface area contributed by atoms with Crippen LogP contribution in [0.25, 0.3) is 22.2 Å². The molecule has 190 valence electrons. The van der Waals surface area contributed by atoms with Gasteiger partial charge in [-0.05, 0) is 49.2 Å². The van der Waals surface area contributed by atoms with Gasteiger partial charge in [0.1, 0.15) is 34.5 Å². The molecule has 1 atom stereocenters. The van der Waals surface area contributed by atoms with Crippen molar-refractivity contribution in [1.29, 1.82) is 0 Å². The smallest absolute Gasteiger partial charge is 0.261 e. The Hall–Kier alpha value is -3.82. The highest BCUT2D eigenvalue weighted by Gasteiger charge is 2.45. The van der Waals surface area contributed by atoms with Crippen molar-refractivity contribution in [3.05, 3.63) is 81.7 Å². The Morgan fingerprint density at radius 3 is 2.68 bits per heavy atom. The van der Waals surface area contributed by atoms with Gasteiger partial charge >= 0.3 is 0 Å². The Morgan fingerprint density at radius 2 is 1.89 bits per heavy atom. The number of alkyl halides is 2. The van der Waals surface area contributed by atoms with Gasteiger partial charge in [-0.2, -0.15) is 0 Å². The van der Waals surface area contributed by atoms with Crippen molar-refractivity contribution in [2.45, 2.75) is 44.6 Å². The normalized spacial score (nSPS) is 18.8. The summed E-state index contributed by atoms with van der Waals surface area (Å²) in [6.07, 6.45) is 2.46. The average Bonchev–Trinajstić information content (AvgIpc) is 3.33. The molecule has 3 aromatic heterocycles. The zero-order valence-electron chi connectivity index (χ0n) is 20.0. The molecule has 0 bridgehead atoms. The highest BCUT2D eigenvalue weighted by atomic mass is 19.3. The quantitative estimate of drug-likeness (QED) is 0.363. The van der Waals surface area contributed by atoms with Crippen LogP contribution in [-0.4, -0.2) is 38.5 Å². The minimum atomic E-state index is -2.95. The van der Waals surface area contributed by atoms with Gasteiger partial charge in [0.2, 0.25) is 0 Å². The minimum Gasteiger partial charge on any atom is -0.356 e. The van der Waals surface area contributed by atoms with Gasteiger partial charge in [-0.1, -0.05) is 0 Å². The molecular formula is C27H23F4N5O. The molecule has 37 heavy (non-hydrogen) atoms. The van der Waals surface area contributed by atoms with Crippen molar-refractivity contribution in [2.24, 2.45) is 0 Å². The first-order valence-corrected chi connectivity index (χ1v) is 12.2. The number of fused-ring (bicyclic) bond motifs is 2. The number of halogens is 4.